The first kappa shape index (κ1) is 10.4. The predicted octanol–water partition coefficient (Wildman–Crippen LogP) is 2.90. The minimum atomic E-state index is 0.613. The van der Waals surface area contributed by atoms with Crippen LogP contribution in [0.15, 0.2) is 6.20 Å². The molecule has 0 aromatic carbocycles. The minimum absolute atomic E-state index is 0.613. The van der Waals surface area contributed by atoms with Gasteiger partial charge < -0.3 is 5.32 Å². The van der Waals surface area contributed by atoms with Crippen molar-refractivity contribution in [1.82, 2.24) is 10.3 Å². The fourth-order valence-corrected chi connectivity index (χ4v) is 3.15. The Balaban J connectivity index is 2.03. The molecule has 2 heterocycles. The van der Waals surface area contributed by atoms with Crippen LogP contribution in [0, 0.1) is 5.92 Å². The molecule has 0 bridgehead atoms. The number of nitrogens with zero attached hydrogens (tertiary/aromatic N) is 1. The lowest BCUT2D eigenvalue weighted by Crippen LogP contribution is -2.29. The molecule has 0 saturated carbocycles. The van der Waals surface area contributed by atoms with Crippen LogP contribution < -0.4 is 5.32 Å². The summed E-state index contributed by atoms with van der Waals surface area (Å²) in [4.78, 5) is 5.44. The molecule has 0 spiro atoms. The van der Waals surface area contributed by atoms with Crippen molar-refractivity contribution in [3.8, 4) is 0 Å². The molecular formula is C10H15ClN2S. The van der Waals surface area contributed by atoms with Gasteiger partial charge in [0.25, 0.3) is 0 Å². The molecule has 1 aliphatic heterocycles. The van der Waals surface area contributed by atoms with E-state index in [2.05, 4.69) is 17.2 Å². The van der Waals surface area contributed by atoms with Crippen molar-refractivity contribution in [1.29, 1.82) is 0 Å². The molecule has 78 valence electrons. The summed E-state index contributed by atoms with van der Waals surface area (Å²) in [6, 6.07) is 0. The summed E-state index contributed by atoms with van der Waals surface area (Å²) in [6.45, 7) is 4.60. The molecule has 1 saturated heterocycles. The summed E-state index contributed by atoms with van der Waals surface area (Å²) < 4.78 is 0.667. The largest absolute Gasteiger partial charge is 0.317 e. The molecular weight excluding hydrogens is 216 g/mol. The van der Waals surface area contributed by atoms with Crippen LogP contribution in [-0.4, -0.2) is 18.1 Å². The van der Waals surface area contributed by atoms with Crippen molar-refractivity contribution in [2.24, 2.45) is 5.92 Å². The van der Waals surface area contributed by atoms with Crippen LogP contribution in [0.3, 0.4) is 0 Å². The zero-order valence-electron chi connectivity index (χ0n) is 8.29. The quantitative estimate of drug-likeness (QED) is 0.845. The van der Waals surface area contributed by atoms with Gasteiger partial charge in [-0.3, -0.25) is 0 Å². The predicted molar refractivity (Wildman–Crippen MR) is 61.1 cm³/mol. The first-order valence-corrected chi connectivity index (χ1v) is 6.29. The van der Waals surface area contributed by atoms with E-state index < -0.39 is 0 Å². The van der Waals surface area contributed by atoms with E-state index in [1.54, 1.807) is 11.3 Å². The number of thiazole rings is 1. The lowest BCUT2D eigenvalue weighted by atomic mass is 9.85. The van der Waals surface area contributed by atoms with Crippen LogP contribution in [0.4, 0.5) is 0 Å². The van der Waals surface area contributed by atoms with Crippen LogP contribution in [0.5, 0.6) is 0 Å². The highest BCUT2D eigenvalue weighted by Gasteiger charge is 2.22. The second-order valence-corrected chi connectivity index (χ2v) is 5.54. The summed E-state index contributed by atoms with van der Waals surface area (Å²) in [6.07, 6.45) is 4.48. The van der Waals surface area contributed by atoms with Gasteiger partial charge in [0, 0.05) is 11.1 Å². The van der Waals surface area contributed by atoms with Crippen LogP contribution >= 0.6 is 22.9 Å². The summed E-state index contributed by atoms with van der Waals surface area (Å²) in [5.74, 6) is 1.41. The van der Waals surface area contributed by atoms with E-state index in [9.17, 15) is 0 Å². The smallest absolute Gasteiger partial charge is 0.183 e. The normalized spacial score (nSPS) is 21.0. The summed E-state index contributed by atoms with van der Waals surface area (Å²) in [5.41, 5.74) is 0. The molecule has 1 N–H and O–H groups in total. The third kappa shape index (κ3) is 2.27. The lowest BCUT2D eigenvalue weighted by Gasteiger charge is -2.27. The summed E-state index contributed by atoms with van der Waals surface area (Å²) >= 11 is 7.46. The van der Waals surface area contributed by atoms with Gasteiger partial charge in [-0.2, -0.15) is 0 Å². The van der Waals surface area contributed by atoms with Crippen molar-refractivity contribution < 1.29 is 0 Å². The van der Waals surface area contributed by atoms with E-state index in [1.807, 2.05) is 6.20 Å². The lowest BCUT2D eigenvalue weighted by molar-refractivity contribution is 0.332. The Morgan fingerprint density at radius 3 is 2.86 bits per heavy atom. The van der Waals surface area contributed by atoms with Crippen molar-refractivity contribution in [2.75, 3.05) is 13.1 Å². The molecule has 0 aliphatic carbocycles. The Kier molecular flexibility index (Phi) is 3.42. The zero-order valence-corrected chi connectivity index (χ0v) is 9.87. The molecule has 1 fully saturated rings. The Bertz CT molecular complexity index is 294. The molecule has 1 aromatic rings. The number of piperidine rings is 1. The molecule has 14 heavy (non-hydrogen) atoms. The van der Waals surface area contributed by atoms with Gasteiger partial charge >= 0.3 is 0 Å². The van der Waals surface area contributed by atoms with Gasteiger partial charge in [0.15, 0.2) is 4.47 Å². The minimum Gasteiger partial charge on any atom is -0.317 e. The van der Waals surface area contributed by atoms with Crippen LogP contribution in [0.1, 0.15) is 30.6 Å². The van der Waals surface area contributed by atoms with Crippen molar-refractivity contribution in [3.63, 3.8) is 0 Å². The van der Waals surface area contributed by atoms with Crippen molar-refractivity contribution in [2.45, 2.75) is 25.7 Å². The standard InChI is InChI=1S/C10H15ClN2S/c1-7(8-2-4-12-5-3-8)9-6-13-10(11)14-9/h6-8,12H,2-5H2,1H3. The SMILES string of the molecule is CC(c1cnc(Cl)s1)C1CCNCC1. The van der Waals surface area contributed by atoms with Crippen molar-refractivity contribution >= 4 is 22.9 Å². The summed E-state index contributed by atoms with van der Waals surface area (Å²) in [5, 5.41) is 3.39. The molecule has 2 nitrogen and oxygen atoms in total. The van der Waals surface area contributed by atoms with E-state index in [0.717, 1.165) is 19.0 Å². The molecule has 0 radical (unpaired) electrons. The third-order valence-corrected chi connectivity index (χ3v) is 4.35. The van der Waals surface area contributed by atoms with E-state index in [1.165, 1.54) is 17.7 Å². The molecule has 1 aliphatic rings. The molecule has 2 rings (SSSR count). The highest BCUT2D eigenvalue weighted by Crippen LogP contribution is 2.34. The number of hydrogen-bond acceptors (Lipinski definition) is 3. The highest BCUT2D eigenvalue weighted by atomic mass is 35.5. The monoisotopic (exact) mass is 230 g/mol. The molecule has 0 amide bonds. The second kappa shape index (κ2) is 4.60. The number of aromatic nitrogens is 1. The maximum absolute atomic E-state index is 5.84. The van der Waals surface area contributed by atoms with Gasteiger partial charge in [-0.25, -0.2) is 4.98 Å². The van der Waals surface area contributed by atoms with E-state index >= 15 is 0 Å². The Hall–Kier alpha value is -0.120. The maximum Gasteiger partial charge on any atom is 0.183 e. The number of rotatable bonds is 2. The van der Waals surface area contributed by atoms with Gasteiger partial charge in [0.1, 0.15) is 0 Å². The van der Waals surface area contributed by atoms with Gasteiger partial charge in [-0.05, 0) is 37.8 Å². The molecule has 1 unspecified atom stereocenters. The topological polar surface area (TPSA) is 24.9 Å². The first-order chi connectivity index (χ1) is 6.77. The Morgan fingerprint density at radius 2 is 2.29 bits per heavy atom. The average molecular weight is 231 g/mol. The first-order valence-electron chi connectivity index (χ1n) is 5.09. The van der Waals surface area contributed by atoms with Crippen molar-refractivity contribution in [3.05, 3.63) is 15.5 Å². The molecule has 1 atom stereocenters. The summed E-state index contributed by atoms with van der Waals surface area (Å²) in [7, 11) is 0. The van der Waals surface area contributed by atoms with Gasteiger partial charge in [-0.15, -0.1) is 11.3 Å². The van der Waals surface area contributed by atoms with Crippen LogP contribution in [-0.2, 0) is 0 Å². The van der Waals surface area contributed by atoms with Gasteiger partial charge in [0.2, 0.25) is 0 Å². The maximum atomic E-state index is 5.84. The van der Waals surface area contributed by atoms with Crippen LogP contribution in [0.2, 0.25) is 4.47 Å². The van der Waals surface area contributed by atoms with Gasteiger partial charge in [0.05, 0.1) is 0 Å². The second-order valence-electron chi connectivity index (χ2n) is 3.89. The fourth-order valence-electron chi connectivity index (χ4n) is 2.05. The molecule has 1 aromatic heterocycles. The van der Waals surface area contributed by atoms with E-state index in [-0.39, 0.29) is 0 Å². The fraction of sp³-hybridized carbons (Fsp3) is 0.700. The highest BCUT2D eigenvalue weighted by molar-refractivity contribution is 7.15. The van der Waals surface area contributed by atoms with E-state index in [0.29, 0.717) is 10.4 Å². The van der Waals surface area contributed by atoms with Gasteiger partial charge in [-0.1, -0.05) is 18.5 Å². The third-order valence-electron chi connectivity index (χ3n) is 3.04. The number of nitrogens with one attached hydrogen (secondary N) is 1. The van der Waals surface area contributed by atoms with Crippen LogP contribution in [0.25, 0.3) is 0 Å². The Morgan fingerprint density at radius 1 is 1.57 bits per heavy atom. The van der Waals surface area contributed by atoms with E-state index in [4.69, 9.17) is 11.6 Å². The average Bonchev–Trinajstić information content (AvgIpc) is 2.65. The Labute approximate surface area is 93.7 Å². The zero-order chi connectivity index (χ0) is 9.97. The number of hydrogen-bond donors (Lipinski definition) is 1. The molecule has 4 heteroatoms. The number of halogens is 1.